The van der Waals surface area contributed by atoms with E-state index in [0.717, 1.165) is 12.2 Å². The summed E-state index contributed by atoms with van der Waals surface area (Å²) in [6.07, 6.45) is -1.36. The number of ketones is 2. The Balaban J connectivity index is 1.29. The molecule has 0 spiro atoms. The minimum Gasteiger partial charge on any atom is -0.464 e. The number of nitrogens with zero attached hydrogens (tertiary/aromatic N) is 2. The zero-order valence-corrected chi connectivity index (χ0v) is 33.3. The van der Waals surface area contributed by atoms with Gasteiger partial charge in [-0.05, 0) is 89.4 Å². The van der Waals surface area contributed by atoms with Gasteiger partial charge in [0.25, 0.3) is 10.2 Å². The highest BCUT2D eigenvalue weighted by Gasteiger charge is 2.80. The van der Waals surface area contributed by atoms with Crippen LogP contribution in [0.5, 0.6) is 0 Å². The van der Waals surface area contributed by atoms with Gasteiger partial charge < -0.3 is 39.0 Å². The molecule has 0 aromatic carbocycles. The van der Waals surface area contributed by atoms with Crippen LogP contribution in [0.4, 0.5) is 8.78 Å². The Labute approximate surface area is 337 Å². The average molecular weight is 844 g/mol. The summed E-state index contributed by atoms with van der Waals surface area (Å²) in [5.41, 5.74) is -7.43. The Morgan fingerprint density at radius 2 is 1.61 bits per heavy atom. The largest absolute Gasteiger partial charge is 0.464 e. The van der Waals surface area contributed by atoms with E-state index in [2.05, 4.69) is 15.0 Å². The molecule has 21 heteroatoms. The van der Waals surface area contributed by atoms with E-state index in [-0.39, 0.29) is 76.8 Å². The van der Waals surface area contributed by atoms with Crippen LogP contribution in [0.2, 0.25) is 0 Å². The Bertz CT molecular complexity index is 1760. The lowest BCUT2D eigenvalue weighted by Gasteiger charge is -2.63. The van der Waals surface area contributed by atoms with Gasteiger partial charge in [0.2, 0.25) is 11.7 Å². The second-order valence-electron chi connectivity index (χ2n) is 16.6. The summed E-state index contributed by atoms with van der Waals surface area (Å²) >= 11 is 0. The van der Waals surface area contributed by atoms with Gasteiger partial charge in [-0.25, -0.2) is 13.6 Å². The van der Waals surface area contributed by atoms with Gasteiger partial charge >= 0.3 is 11.9 Å². The number of alkyl halides is 2. The predicted molar refractivity (Wildman–Crippen MR) is 194 cm³/mol. The number of esters is 2. The summed E-state index contributed by atoms with van der Waals surface area (Å²) in [5.74, 6) is -7.36. The van der Waals surface area contributed by atoms with Gasteiger partial charge in [0.15, 0.2) is 29.4 Å². The first-order valence-corrected chi connectivity index (χ1v) is 19.6. The summed E-state index contributed by atoms with van der Waals surface area (Å²) in [6.45, 7) is 4.64. The van der Waals surface area contributed by atoms with Crippen LogP contribution in [0.1, 0.15) is 91.9 Å². The number of hydrogen-bond acceptors (Lipinski definition) is 16. The highest BCUT2D eigenvalue weighted by molar-refractivity contribution is 6.01. The molecular formula is C38H51F2N3O16. The fraction of sp³-hybridized carbons (Fsp3) is 0.763. The average Bonchev–Trinajstić information content (AvgIpc) is 3.56. The number of Topliss-reactive ketones (excluding diaryl/α,β-unsaturated/α-hetero) is 1. The van der Waals surface area contributed by atoms with Crippen molar-refractivity contribution in [3.63, 3.8) is 0 Å². The predicted octanol–water partition coefficient (Wildman–Crippen LogP) is 3.09. The lowest BCUT2D eigenvalue weighted by Crippen LogP contribution is -2.71. The lowest BCUT2D eigenvalue weighted by molar-refractivity contribution is -0.757. The molecule has 328 valence electrons. The summed E-state index contributed by atoms with van der Waals surface area (Å²) < 4.78 is 56.9. The topological polar surface area (TPSA) is 259 Å². The van der Waals surface area contributed by atoms with Crippen molar-refractivity contribution in [2.75, 3.05) is 26.4 Å². The summed E-state index contributed by atoms with van der Waals surface area (Å²) in [5, 5.41) is 33.0. The van der Waals surface area contributed by atoms with Gasteiger partial charge in [-0.1, -0.05) is 19.4 Å². The molecule has 2 N–H and O–H groups in total. The number of carbonyl (C=O) groups excluding carboxylic acids is 5. The Hall–Kier alpha value is -4.63. The zero-order chi connectivity index (χ0) is 43.6. The molecule has 1 saturated heterocycles. The number of hydrogen-bond donors (Lipinski definition) is 2. The number of aliphatic hydroxyl groups excluding tert-OH is 1. The van der Waals surface area contributed by atoms with Gasteiger partial charge in [-0.15, -0.1) is 20.2 Å². The molecule has 5 rings (SSSR count). The molecule has 0 aromatic rings. The molecule has 1 heterocycles. The van der Waals surface area contributed by atoms with E-state index in [9.17, 15) is 49.3 Å². The second-order valence-corrected chi connectivity index (χ2v) is 16.6. The summed E-state index contributed by atoms with van der Waals surface area (Å²) in [7, 11) is 0. The van der Waals surface area contributed by atoms with Crippen LogP contribution in [0.15, 0.2) is 23.8 Å². The minimum atomic E-state index is -2.43. The van der Waals surface area contributed by atoms with E-state index in [0.29, 0.717) is 6.42 Å². The number of unbranched alkanes of at least 4 members (excludes halogenated alkanes) is 3. The number of allylic oxidation sites excluding steroid dienone is 4. The van der Waals surface area contributed by atoms with Crippen molar-refractivity contribution in [3.8, 4) is 0 Å². The molecule has 5 aliphatic rings. The van der Waals surface area contributed by atoms with E-state index in [4.69, 9.17) is 18.9 Å². The van der Waals surface area contributed by atoms with Crippen LogP contribution in [0, 0.1) is 42.9 Å². The van der Waals surface area contributed by atoms with Crippen LogP contribution in [0.3, 0.4) is 0 Å². The van der Waals surface area contributed by atoms with Gasteiger partial charge in [-0.2, -0.15) is 0 Å². The van der Waals surface area contributed by atoms with Gasteiger partial charge in [0, 0.05) is 23.2 Å². The molecular weight excluding hydrogens is 792 g/mol. The first-order chi connectivity index (χ1) is 27.6. The molecule has 0 aromatic heterocycles. The molecule has 0 bridgehead atoms. The highest BCUT2D eigenvalue weighted by Crippen LogP contribution is 2.72. The Kier molecular flexibility index (Phi) is 13.5. The number of amides is 1. The van der Waals surface area contributed by atoms with Crippen LogP contribution >= 0.6 is 0 Å². The molecule has 19 nitrogen and oxygen atoms in total. The number of rotatable bonds is 20. The van der Waals surface area contributed by atoms with Crippen molar-refractivity contribution < 1.29 is 76.7 Å². The minimum absolute atomic E-state index is 0.0357. The van der Waals surface area contributed by atoms with E-state index in [1.807, 2.05) is 0 Å². The van der Waals surface area contributed by atoms with Crippen molar-refractivity contribution in [1.82, 2.24) is 5.32 Å². The number of nitrogens with one attached hydrogen (secondary N) is 1. The molecule has 3 unspecified atom stereocenters. The van der Waals surface area contributed by atoms with Crippen LogP contribution in [0.25, 0.3) is 0 Å². The van der Waals surface area contributed by atoms with Gasteiger partial charge in [-0.3, -0.25) is 19.2 Å². The van der Waals surface area contributed by atoms with E-state index in [1.54, 1.807) is 20.8 Å². The van der Waals surface area contributed by atoms with E-state index >= 15 is 8.78 Å². The standard InChI is InChI=1S/C38H51F2N3O16/c1-34(2)58-30-18-23-24-17-26(39)25-16-22(44)11-12-35(25,3)37(24,40)28(45)20-36(23,4)38(30,59-34)29(46)21-55-32(48)19-27(33(49)54-13-8-9-15-57-43(52)53)41-31(47)10-6-5-7-14-56-42(50)51/h11-12,16,23-24,26-28,30,45H,5-10,13-15,17-21H2,1-4H3,(H,41,47)/t23?,24?,26-,27?,28-,30+,35-,36-,37-,38+/m0/s1. The number of aliphatic hydroxyl groups is 1. The first kappa shape index (κ1) is 45.5. The van der Waals surface area contributed by atoms with Crippen LogP contribution in [-0.2, 0) is 52.6 Å². The Morgan fingerprint density at radius 3 is 2.27 bits per heavy atom. The van der Waals surface area contributed by atoms with Crippen molar-refractivity contribution in [2.45, 2.75) is 133 Å². The number of halogens is 2. The molecule has 0 radical (unpaired) electrons. The zero-order valence-electron chi connectivity index (χ0n) is 33.3. The number of carbonyl (C=O) groups is 5. The third kappa shape index (κ3) is 8.82. The molecule has 4 aliphatic carbocycles. The highest BCUT2D eigenvalue weighted by atomic mass is 19.1. The third-order valence-corrected chi connectivity index (χ3v) is 12.6. The van der Waals surface area contributed by atoms with Crippen molar-refractivity contribution >= 4 is 29.4 Å². The Morgan fingerprint density at radius 1 is 0.966 bits per heavy atom. The van der Waals surface area contributed by atoms with Crippen molar-refractivity contribution in [2.24, 2.45) is 22.7 Å². The SMILES string of the molecule is CC1(C)O[C@@H]2CC3C4C[C@H](F)C5=CC(=O)C=C[C@]5(C)[C@@]4(F)[C@@H](O)C[C@]3(C)[C@]2(C(=O)COC(=O)CC(NC(=O)CCCCCO[N+](=O)[O-])C(=O)OCCCCO[N+](=O)[O-])O1. The third-order valence-electron chi connectivity index (χ3n) is 12.6. The summed E-state index contributed by atoms with van der Waals surface area (Å²) in [4.78, 5) is 95.0. The smallest absolute Gasteiger partial charge is 0.329 e. The monoisotopic (exact) mass is 843 g/mol. The number of ether oxygens (including phenoxy) is 4. The quantitative estimate of drug-likeness (QED) is 0.0772. The molecule has 10 atom stereocenters. The maximum atomic E-state index is 17.7. The summed E-state index contributed by atoms with van der Waals surface area (Å²) in [6, 6.07) is -1.59. The van der Waals surface area contributed by atoms with E-state index < -0.39 is 117 Å². The fourth-order valence-corrected chi connectivity index (χ4v) is 10.1. The first-order valence-electron chi connectivity index (χ1n) is 19.6. The van der Waals surface area contributed by atoms with E-state index in [1.165, 1.54) is 13.0 Å². The lowest BCUT2D eigenvalue weighted by atomic mass is 9.44. The molecule has 59 heavy (non-hydrogen) atoms. The molecule has 1 aliphatic heterocycles. The second kappa shape index (κ2) is 17.5. The number of fused-ring (bicyclic) bond motifs is 7. The maximum absolute atomic E-state index is 17.7. The molecule has 3 saturated carbocycles. The van der Waals surface area contributed by atoms with Gasteiger partial charge in [0.1, 0.15) is 12.2 Å². The van der Waals surface area contributed by atoms with Gasteiger partial charge in [0.05, 0.1) is 38.4 Å². The van der Waals surface area contributed by atoms with Crippen molar-refractivity contribution in [3.05, 3.63) is 44.0 Å². The molecule has 4 fully saturated rings. The molecule has 1 amide bonds. The van der Waals surface area contributed by atoms with Crippen LogP contribution < -0.4 is 5.32 Å². The maximum Gasteiger partial charge on any atom is 0.329 e. The fourth-order valence-electron chi connectivity index (χ4n) is 10.1. The van der Waals surface area contributed by atoms with Crippen LogP contribution in [-0.4, -0.2) is 113 Å². The normalized spacial score (nSPS) is 34.2. The van der Waals surface area contributed by atoms with Crippen molar-refractivity contribution in [1.29, 1.82) is 0 Å².